The average Bonchev–Trinajstić information content (AvgIpc) is 3.15. The number of ether oxygens (including phenoxy) is 1. The van der Waals surface area contributed by atoms with Crippen LogP contribution in [-0.4, -0.2) is 43.6 Å². The lowest BCUT2D eigenvalue weighted by Gasteiger charge is -2.45. The molecule has 2 amide bonds. The fourth-order valence-corrected chi connectivity index (χ4v) is 5.05. The molecule has 5 nitrogen and oxygen atoms in total. The Morgan fingerprint density at radius 3 is 2.72 bits per heavy atom. The van der Waals surface area contributed by atoms with Gasteiger partial charge >= 0.3 is 6.09 Å². The minimum atomic E-state index is -0.470. The molecule has 2 aliphatic rings. The van der Waals surface area contributed by atoms with E-state index in [2.05, 4.69) is 55.1 Å². The minimum absolute atomic E-state index is 0.159. The Labute approximate surface area is 175 Å². The molecule has 1 spiro atoms. The quantitative estimate of drug-likeness (QED) is 0.723. The van der Waals surface area contributed by atoms with E-state index in [0.717, 1.165) is 32.4 Å². The summed E-state index contributed by atoms with van der Waals surface area (Å²) in [6.45, 7) is 8.62. The van der Waals surface area contributed by atoms with Crippen molar-refractivity contribution in [3.8, 4) is 0 Å². The molecule has 0 unspecified atom stereocenters. The molecule has 1 atom stereocenters. The largest absolute Gasteiger partial charge is 0.453 e. The fourth-order valence-electron chi connectivity index (χ4n) is 5.05. The lowest BCUT2D eigenvalue weighted by Crippen LogP contribution is -2.43. The van der Waals surface area contributed by atoms with E-state index in [0.29, 0.717) is 23.8 Å². The topological polar surface area (TPSA) is 58.6 Å². The number of benzene rings is 1. The second-order valence-electron chi connectivity index (χ2n) is 9.30. The molecule has 5 heteroatoms. The maximum Gasteiger partial charge on any atom is 0.406 e. The molecule has 3 rings (SSSR count). The molecule has 29 heavy (non-hydrogen) atoms. The number of nitrogens with zero attached hydrogens (tertiary/aromatic N) is 1. The third-order valence-corrected chi connectivity index (χ3v) is 6.82. The third-order valence-electron chi connectivity index (χ3n) is 6.82. The van der Waals surface area contributed by atoms with E-state index in [1.165, 1.54) is 31.1 Å². The summed E-state index contributed by atoms with van der Waals surface area (Å²) < 4.78 is 4.65. The summed E-state index contributed by atoms with van der Waals surface area (Å²) in [7, 11) is 1.35. The van der Waals surface area contributed by atoms with Crippen molar-refractivity contribution in [2.75, 3.05) is 26.7 Å². The lowest BCUT2D eigenvalue weighted by molar-refractivity contribution is -0.135. The van der Waals surface area contributed by atoms with Crippen LogP contribution < -0.4 is 5.32 Å². The van der Waals surface area contributed by atoms with Gasteiger partial charge in [-0.3, -0.25) is 4.79 Å². The van der Waals surface area contributed by atoms with Crippen LogP contribution in [0.15, 0.2) is 24.3 Å². The number of carbonyl (C=O) groups is 2. The van der Waals surface area contributed by atoms with Gasteiger partial charge in [0.25, 0.3) is 0 Å². The van der Waals surface area contributed by atoms with Gasteiger partial charge in [0.15, 0.2) is 0 Å². The number of rotatable bonds is 7. The smallest absolute Gasteiger partial charge is 0.406 e. The molecule has 0 bridgehead atoms. The maximum absolute atomic E-state index is 13.1. The predicted octanol–water partition coefficient (Wildman–Crippen LogP) is 4.68. The minimum Gasteiger partial charge on any atom is -0.453 e. The van der Waals surface area contributed by atoms with Gasteiger partial charge in [-0.2, -0.15) is 0 Å². The molecular weight excluding hydrogens is 364 g/mol. The molecule has 1 saturated heterocycles. The standard InChI is InChI=1S/C24H36N2O3/c1-5-7-20(15-25-23(28)29-4)22(27)26-11-10-24(16-26)13-21(14-24)19-9-6-8-18(12-19)17(2)3/h6,8-9,12,17,20-21H,5,7,10-11,13-16H2,1-4H3,(H,25,28)/t20-,21?,24?/m1/s1. The van der Waals surface area contributed by atoms with Gasteiger partial charge in [0.05, 0.1) is 13.0 Å². The summed E-state index contributed by atoms with van der Waals surface area (Å²) in [4.78, 5) is 26.5. The van der Waals surface area contributed by atoms with Gasteiger partial charge in [0, 0.05) is 19.6 Å². The number of hydrogen-bond acceptors (Lipinski definition) is 3. The zero-order valence-corrected chi connectivity index (χ0v) is 18.4. The van der Waals surface area contributed by atoms with Crippen LogP contribution in [0.5, 0.6) is 0 Å². The van der Waals surface area contributed by atoms with Crippen LogP contribution in [0.2, 0.25) is 0 Å². The SMILES string of the molecule is CCC[C@H](CNC(=O)OC)C(=O)N1CCC2(CC(c3cccc(C(C)C)c3)C2)C1. The second kappa shape index (κ2) is 9.19. The van der Waals surface area contributed by atoms with Gasteiger partial charge < -0.3 is 15.0 Å². The van der Waals surface area contributed by atoms with E-state index in [9.17, 15) is 9.59 Å². The summed E-state index contributed by atoms with van der Waals surface area (Å²) in [6.07, 6.45) is 4.70. The Morgan fingerprint density at radius 1 is 1.31 bits per heavy atom. The molecule has 0 radical (unpaired) electrons. The highest BCUT2D eigenvalue weighted by atomic mass is 16.5. The van der Waals surface area contributed by atoms with E-state index in [4.69, 9.17) is 0 Å². The molecule has 2 fully saturated rings. The molecule has 1 aromatic rings. The van der Waals surface area contributed by atoms with Gasteiger partial charge in [0.2, 0.25) is 5.91 Å². The van der Waals surface area contributed by atoms with Crippen LogP contribution in [0.4, 0.5) is 4.79 Å². The third kappa shape index (κ3) is 4.93. The maximum atomic E-state index is 13.1. The molecule has 1 saturated carbocycles. The van der Waals surface area contributed by atoms with Crippen LogP contribution in [0.1, 0.15) is 75.8 Å². The van der Waals surface area contributed by atoms with Gasteiger partial charge in [-0.15, -0.1) is 0 Å². The summed E-state index contributed by atoms with van der Waals surface area (Å²) in [5.41, 5.74) is 3.16. The molecule has 1 aliphatic carbocycles. The zero-order valence-electron chi connectivity index (χ0n) is 18.4. The van der Waals surface area contributed by atoms with E-state index in [-0.39, 0.29) is 11.8 Å². The molecular formula is C24H36N2O3. The second-order valence-corrected chi connectivity index (χ2v) is 9.30. The summed E-state index contributed by atoms with van der Waals surface area (Å²) >= 11 is 0. The van der Waals surface area contributed by atoms with Crippen molar-refractivity contribution in [1.29, 1.82) is 0 Å². The van der Waals surface area contributed by atoms with Crippen molar-refractivity contribution >= 4 is 12.0 Å². The van der Waals surface area contributed by atoms with Gasteiger partial charge in [-0.05, 0) is 54.1 Å². The molecule has 160 valence electrons. The van der Waals surface area contributed by atoms with Crippen molar-refractivity contribution in [3.63, 3.8) is 0 Å². The highest BCUT2D eigenvalue weighted by Gasteiger charge is 2.50. The number of hydrogen-bond donors (Lipinski definition) is 1. The number of amides is 2. The Bertz CT molecular complexity index is 725. The molecule has 1 aromatic carbocycles. The van der Waals surface area contributed by atoms with E-state index >= 15 is 0 Å². The first kappa shape index (κ1) is 21.7. The number of carbonyl (C=O) groups excluding carboxylic acids is 2. The Kier molecular flexibility index (Phi) is 6.86. The average molecular weight is 401 g/mol. The summed E-state index contributed by atoms with van der Waals surface area (Å²) in [6, 6.07) is 9.03. The van der Waals surface area contributed by atoms with Crippen LogP contribution >= 0.6 is 0 Å². The predicted molar refractivity (Wildman–Crippen MR) is 115 cm³/mol. The van der Waals surface area contributed by atoms with E-state index in [1.807, 2.05) is 4.90 Å². The first-order chi connectivity index (χ1) is 13.9. The first-order valence-electron chi connectivity index (χ1n) is 11.1. The van der Waals surface area contributed by atoms with Gasteiger partial charge in [-0.1, -0.05) is 51.5 Å². The van der Waals surface area contributed by atoms with Crippen molar-refractivity contribution in [3.05, 3.63) is 35.4 Å². The fraction of sp³-hybridized carbons (Fsp3) is 0.667. The van der Waals surface area contributed by atoms with Crippen molar-refractivity contribution in [2.45, 2.75) is 64.7 Å². The Morgan fingerprint density at radius 2 is 2.07 bits per heavy atom. The van der Waals surface area contributed by atoms with Crippen LogP contribution in [-0.2, 0) is 9.53 Å². The molecule has 0 aromatic heterocycles. The Hall–Kier alpha value is -2.04. The summed E-state index contributed by atoms with van der Waals surface area (Å²) in [5, 5.41) is 2.70. The van der Waals surface area contributed by atoms with Crippen molar-refractivity contribution in [2.24, 2.45) is 11.3 Å². The highest BCUT2D eigenvalue weighted by Crippen LogP contribution is 2.56. The zero-order chi connectivity index (χ0) is 21.0. The number of nitrogens with one attached hydrogen (secondary N) is 1. The van der Waals surface area contributed by atoms with Crippen LogP contribution in [0.3, 0.4) is 0 Å². The van der Waals surface area contributed by atoms with E-state index < -0.39 is 6.09 Å². The summed E-state index contributed by atoms with van der Waals surface area (Å²) in [5.74, 6) is 1.20. The van der Waals surface area contributed by atoms with Crippen LogP contribution in [0.25, 0.3) is 0 Å². The Balaban J connectivity index is 1.56. The van der Waals surface area contributed by atoms with Crippen LogP contribution in [0, 0.1) is 11.3 Å². The highest BCUT2D eigenvalue weighted by molar-refractivity contribution is 5.80. The molecule has 1 heterocycles. The first-order valence-corrected chi connectivity index (χ1v) is 11.1. The lowest BCUT2D eigenvalue weighted by atomic mass is 9.59. The number of alkyl carbamates (subject to hydrolysis) is 1. The van der Waals surface area contributed by atoms with Crippen molar-refractivity contribution in [1.82, 2.24) is 10.2 Å². The number of likely N-dealkylation sites (tertiary alicyclic amines) is 1. The number of methoxy groups -OCH3 is 1. The molecule has 1 aliphatic heterocycles. The van der Waals surface area contributed by atoms with Gasteiger partial charge in [0.1, 0.15) is 0 Å². The molecule has 1 N–H and O–H groups in total. The normalized spacial score (nSPS) is 24.4. The monoisotopic (exact) mass is 400 g/mol. The van der Waals surface area contributed by atoms with Gasteiger partial charge in [-0.25, -0.2) is 4.79 Å². The van der Waals surface area contributed by atoms with Crippen molar-refractivity contribution < 1.29 is 14.3 Å². The van der Waals surface area contributed by atoms with E-state index in [1.54, 1.807) is 0 Å².